The van der Waals surface area contributed by atoms with E-state index in [2.05, 4.69) is 4.98 Å². The van der Waals surface area contributed by atoms with Crippen LogP contribution in [-0.4, -0.2) is 30.7 Å². The van der Waals surface area contributed by atoms with Crippen LogP contribution in [0, 0.1) is 6.92 Å². The van der Waals surface area contributed by atoms with E-state index in [0.29, 0.717) is 22.5 Å². The summed E-state index contributed by atoms with van der Waals surface area (Å²) in [4.78, 5) is 4.20. The van der Waals surface area contributed by atoms with Crippen LogP contribution in [0.25, 0.3) is 21.8 Å². The molecule has 6 heteroatoms. The first-order valence-corrected chi connectivity index (χ1v) is 7.92. The molecular weight excluding hydrogens is 276 g/mol. The van der Waals surface area contributed by atoms with Crippen LogP contribution in [0.2, 0.25) is 0 Å². The van der Waals surface area contributed by atoms with Crippen LogP contribution >= 0.6 is 0 Å². The fourth-order valence-corrected chi connectivity index (χ4v) is 3.60. The van der Waals surface area contributed by atoms with E-state index < -0.39 is 10.0 Å². The van der Waals surface area contributed by atoms with Crippen molar-refractivity contribution in [3.63, 3.8) is 0 Å². The van der Waals surface area contributed by atoms with E-state index in [1.807, 2.05) is 18.2 Å². The molecule has 0 N–H and O–H groups in total. The van der Waals surface area contributed by atoms with Crippen LogP contribution in [0.4, 0.5) is 0 Å². The Morgan fingerprint density at radius 1 is 1.20 bits per heavy atom. The van der Waals surface area contributed by atoms with Crippen LogP contribution in [0.1, 0.15) is 5.69 Å². The Morgan fingerprint density at radius 3 is 2.60 bits per heavy atom. The fraction of sp³-hybridized carbons (Fsp3) is 0.214. The molecule has 20 heavy (non-hydrogen) atoms. The summed E-state index contributed by atoms with van der Waals surface area (Å²) in [6, 6.07) is 7.26. The highest BCUT2D eigenvalue weighted by atomic mass is 32.2. The first-order chi connectivity index (χ1) is 9.43. The minimum absolute atomic E-state index is 0.609. The highest BCUT2D eigenvalue weighted by molar-refractivity contribution is 7.89. The number of fused-ring (bicyclic) bond motifs is 3. The van der Waals surface area contributed by atoms with Gasteiger partial charge in [-0.05, 0) is 25.1 Å². The lowest BCUT2D eigenvalue weighted by atomic mass is 10.1. The first-order valence-electron chi connectivity index (χ1n) is 6.08. The second-order valence-electron chi connectivity index (χ2n) is 4.70. The molecule has 2 heterocycles. The van der Waals surface area contributed by atoms with Gasteiger partial charge in [-0.15, -0.1) is 0 Å². The number of aryl methyl sites for hydroxylation is 1. The minimum atomic E-state index is -3.44. The zero-order valence-electron chi connectivity index (χ0n) is 11.4. The molecule has 0 aliphatic rings. The monoisotopic (exact) mass is 290 g/mol. The smallest absolute Gasteiger partial charge is 0.236 e. The lowest BCUT2D eigenvalue weighted by molar-refractivity contribution is 0.415. The van der Waals surface area contributed by atoms with Crippen molar-refractivity contribution >= 4 is 31.8 Å². The van der Waals surface area contributed by atoms with E-state index >= 15 is 0 Å². The molecule has 0 fully saturated rings. The summed E-state index contributed by atoms with van der Waals surface area (Å²) in [5.41, 5.74) is 1.92. The van der Waals surface area contributed by atoms with Crippen molar-refractivity contribution in [2.24, 2.45) is 0 Å². The molecule has 0 unspecified atom stereocenters. The second-order valence-corrected chi connectivity index (χ2v) is 6.53. The average Bonchev–Trinajstić information content (AvgIpc) is 2.73. The van der Waals surface area contributed by atoms with Crippen LogP contribution in [-0.2, 0) is 10.0 Å². The maximum absolute atomic E-state index is 12.2. The Kier molecular flexibility index (Phi) is 2.72. The van der Waals surface area contributed by atoms with Gasteiger partial charge in [0.1, 0.15) is 5.75 Å². The standard InChI is InChI=1S/C14H14N2O3S/c1-9-14-12(6-7-15-9)11-5-4-10(19-2)8-13(11)16(14)20(3,17)18/h4-8H,1-3H3. The molecule has 0 aliphatic carbocycles. The molecule has 0 spiro atoms. The van der Waals surface area contributed by atoms with E-state index in [9.17, 15) is 8.42 Å². The molecule has 2 aromatic heterocycles. The first kappa shape index (κ1) is 12.9. The minimum Gasteiger partial charge on any atom is -0.497 e. The van der Waals surface area contributed by atoms with Crippen molar-refractivity contribution in [1.82, 2.24) is 8.96 Å². The summed E-state index contributed by atoms with van der Waals surface area (Å²) in [6.45, 7) is 1.81. The largest absolute Gasteiger partial charge is 0.497 e. The molecule has 0 aliphatic heterocycles. The third kappa shape index (κ3) is 1.76. The number of nitrogens with zero attached hydrogens (tertiary/aromatic N) is 2. The molecule has 3 aromatic rings. The topological polar surface area (TPSA) is 61.2 Å². The lowest BCUT2D eigenvalue weighted by Crippen LogP contribution is -2.10. The highest BCUT2D eigenvalue weighted by Crippen LogP contribution is 2.33. The highest BCUT2D eigenvalue weighted by Gasteiger charge is 2.19. The van der Waals surface area contributed by atoms with Crippen LogP contribution in [0.3, 0.4) is 0 Å². The Balaban J connectivity index is 2.64. The molecule has 0 saturated carbocycles. The predicted octanol–water partition coefficient (Wildman–Crippen LogP) is 2.31. The van der Waals surface area contributed by atoms with Gasteiger partial charge in [0.25, 0.3) is 0 Å². The number of pyridine rings is 1. The van der Waals surface area contributed by atoms with Crippen molar-refractivity contribution < 1.29 is 13.2 Å². The maximum atomic E-state index is 12.2. The van der Waals surface area contributed by atoms with Gasteiger partial charge < -0.3 is 4.74 Å². The average molecular weight is 290 g/mol. The molecular formula is C14H14N2O3S. The third-order valence-electron chi connectivity index (χ3n) is 3.36. The summed E-state index contributed by atoms with van der Waals surface area (Å²) in [5.74, 6) is 0.621. The van der Waals surface area contributed by atoms with Gasteiger partial charge in [0.05, 0.1) is 30.1 Å². The molecule has 5 nitrogen and oxygen atoms in total. The Labute approximate surface area is 116 Å². The fourth-order valence-electron chi connectivity index (χ4n) is 2.53. The summed E-state index contributed by atoms with van der Waals surface area (Å²) < 4.78 is 30.9. The van der Waals surface area contributed by atoms with Gasteiger partial charge in [0, 0.05) is 23.0 Å². The van der Waals surface area contributed by atoms with E-state index in [1.165, 1.54) is 10.2 Å². The van der Waals surface area contributed by atoms with Crippen molar-refractivity contribution in [2.75, 3.05) is 13.4 Å². The molecule has 1 aromatic carbocycles. The molecule has 3 rings (SSSR count). The molecule has 0 amide bonds. The van der Waals surface area contributed by atoms with E-state index in [0.717, 1.165) is 10.8 Å². The number of benzene rings is 1. The summed E-state index contributed by atoms with van der Waals surface area (Å²) >= 11 is 0. The Morgan fingerprint density at radius 2 is 1.95 bits per heavy atom. The van der Waals surface area contributed by atoms with Gasteiger partial charge in [-0.25, -0.2) is 12.4 Å². The van der Waals surface area contributed by atoms with Crippen molar-refractivity contribution in [2.45, 2.75) is 6.92 Å². The zero-order chi connectivity index (χ0) is 14.5. The third-order valence-corrected chi connectivity index (χ3v) is 4.40. The van der Waals surface area contributed by atoms with Gasteiger partial charge in [0.2, 0.25) is 10.0 Å². The van der Waals surface area contributed by atoms with Gasteiger partial charge in [-0.3, -0.25) is 4.98 Å². The predicted molar refractivity (Wildman–Crippen MR) is 78.8 cm³/mol. The lowest BCUT2D eigenvalue weighted by Gasteiger charge is -2.06. The second kappa shape index (κ2) is 4.21. The van der Waals surface area contributed by atoms with Crippen LogP contribution in [0.5, 0.6) is 5.75 Å². The van der Waals surface area contributed by atoms with E-state index in [4.69, 9.17) is 4.74 Å². The van der Waals surface area contributed by atoms with Gasteiger partial charge in [-0.1, -0.05) is 0 Å². The Hall–Kier alpha value is -2.08. The molecule has 0 atom stereocenters. The van der Waals surface area contributed by atoms with Gasteiger partial charge in [0.15, 0.2) is 0 Å². The molecule has 0 radical (unpaired) electrons. The number of rotatable bonds is 2. The van der Waals surface area contributed by atoms with E-state index in [1.54, 1.807) is 26.3 Å². The van der Waals surface area contributed by atoms with Crippen molar-refractivity contribution in [1.29, 1.82) is 0 Å². The van der Waals surface area contributed by atoms with Gasteiger partial charge in [-0.2, -0.15) is 0 Å². The zero-order valence-corrected chi connectivity index (χ0v) is 12.2. The van der Waals surface area contributed by atoms with Crippen LogP contribution < -0.4 is 4.74 Å². The van der Waals surface area contributed by atoms with Crippen molar-refractivity contribution in [3.8, 4) is 5.75 Å². The van der Waals surface area contributed by atoms with Crippen molar-refractivity contribution in [3.05, 3.63) is 36.2 Å². The molecule has 104 valence electrons. The quantitative estimate of drug-likeness (QED) is 0.726. The summed E-state index contributed by atoms with van der Waals surface area (Å²) in [7, 11) is -1.88. The SMILES string of the molecule is COc1ccc2c3ccnc(C)c3n(S(C)(=O)=O)c2c1. The number of aromatic nitrogens is 2. The number of methoxy groups -OCH3 is 1. The van der Waals surface area contributed by atoms with Gasteiger partial charge >= 0.3 is 0 Å². The van der Waals surface area contributed by atoms with Crippen LogP contribution in [0.15, 0.2) is 30.5 Å². The normalized spacial score (nSPS) is 12.2. The summed E-state index contributed by atoms with van der Waals surface area (Å²) in [5, 5.41) is 1.75. The number of ether oxygens (including phenoxy) is 1. The van der Waals surface area contributed by atoms with E-state index in [-0.39, 0.29) is 0 Å². The number of hydrogen-bond donors (Lipinski definition) is 0. The molecule has 0 bridgehead atoms. The Bertz CT molecular complexity index is 926. The number of hydrogen-bond acceptors (Lipinski definition) is 4. The molecule has 0 saturated heterocycles. The maximum Gasteiger partial charge on any atom is 0.236 e. The summed E-state index contributed by atoms with van der Waals surface area (Å²) in [6.07, 6.45) is 2.88.